The van der Waals surface area contributed by atoms with Crippen molar-refractivity contribution in [2.75, 3.05) is 23.7 Å². The first kappa shape index (κ1) is 26.3. The number of aryl methyl sites for hydroxylation is 4. The molecule has 0 bridgehead atoms. The van der Waals surface area contributed by atoms with E-state index in [0.29, 0.717) is 18.7 Å². The highest BCUT2D eigenvalue weighted by Gasteiger charge is 2.22. The zero-order valence-electron chi connectivity index (χ0n) is 21.1. The van der Waals surface area contributed by atoms with Gasteiger partial charge in [0.1, 0.15) is 12.4 Å². The molecule has 0 aromatic heterocycles. The molecule has 0 unspecified atom stereocenters. The van der Waals surface area contributed by atoms with E-state index in [0.717, 1.165) is 40.1 Å². The van der Waals surface area contributed by atoms with Gasteiger partial charge in [-0.3, -0.25) is 9.10 Å². The van der Waals surface area contributed by atoms with E-state index < -0.39 is 10.0 Å². The number of sulfonamides is 1. The van der Waals surface area contributed by atoms with Gasteiger partial charge in [-0.25, -0.2) is 8.42 Å². The number of hydrogen-bond donors (Lipinski definition) is 1. The Balaban J connectivity index is 1.63. The quantitative estimate of drug-likeness (QED) is 0.405. The molecule has 0 aliphatic carbocycles. The molecule has 0 saturated heterocycles. The van der Waals surface area contributed by atoms with Gasteiger partial charge in [0, 0.05) is 5.56 Å². The molecule has 186 valence electrons. The summed E-state index contributed by atoms with van der Waals surface area (Å²) in [7, 11) is -3.50. The maximum Gasteiger partial charge on any atom is 0.251 e. The molecule has 7 heteroatoms. The van der Waals surface area contributed by atoms with Crippen LogP contribution in [0, 0.1) is 20.8 Å². The number of carbonyl (C=O) groups is 1. The molecule has 0 spiro atoms. The van der Waals surface area contributed by atoms with Crippen molar-refractivity contribution in [1.29, 1.82) is 0 Å². The van der Waals surface area contributed by atoms with Crippen molar-refractivity contribution in [2.24, 2.45) is 0 Å². The number of hydrogen-bond acceptors (Lipinski definition) is 4. The number of carbonyl (C=O) groups excluding carboxylic acids is 1. The second-order valence-corrected chi connectivity index (χ2v) is 10.7. The molecule has 0 aliphatic heterocycles. The lowest BCUT2D eigenvalue weighted by atomic mass is 10.1. The molecule has 1 amide bonds. The minimum absolute atomic E-state index is 0.197. The van der Waals surface area contributed by atoms with Crippen LogP contribution in [0.1, 0.15) is 45.1 Å². The van der Waals surface area contributed by atoms with Crippen LogP contribution in [0.3, 0.4) is 0 Å². The van der Waals surface area contributed by atoms with Crippen molar-refractivity contribution in [2.45, 2.75) is 40.7 Å². The average Bonchev–Trinajstić information content (AvgIpc) is 2.82. The predicted octanol–water partition coefficient (Wildman–Crippen LogP) is 4.95. The third-order valence-electron chi connectivity index (χ3n) is 6.03. The summed E-state index contributed by atoms with van der Waals surface area (Å²) >= 11 is 0. The lowest BCUT2D eigenvalue weighted by Crippen LogP contribution is -2.31. The van der Waals surface area contributed by atoms with Gasteiger partial charge in [0.15, 0.2) is 0 Å². The monoisotopic (exact) mass is 494 g/mol. The standard InChI is InChI=1S/C28H34N2O4S/c1-6-24-9-7-8-21(3)27(24)30(35(5,32)33)19-23-11-13-25(14-12-23)28(31)29-16-17-34-26-15-10-20(2)22(4)18-26/h7-15,18H,6,16-17,19H2,1-5H3,(H,29,31). The van der Waals surface area contributed by atoms with Crippen LogP contribution in [0.2, 0.25) is 0 Å². The number of para-hydroxylation sites is 1. The summed E-state index contributed by atoms with van der Waals surface area (Å²) in [6.45, 7) is 8.96. The highest BCUT2D eigenvalue weighted by molar-refractivity contribution is 7.92. The topological polar surface area (TPSA) is 75.7 Å². The normalized spacial score (nSPS) is 11.2. The summed E-state index contributed by atoms with van der Waals surface area (Å²) in [6.07, 6.45) is 1.95. The second kappa shape index (κ2) is 11.4. The molecule has 0 aliphatic rings. The van der Waals surface area contributed by atoms with Crippen molar-refractivity contribution in [3.63, 3.8) is 0 Å². The Morgan fingerprint density at radius 3 is 2.29 bits per heavy atom. The number of benzene rings is 3. The summed E-state index contributed by atoms with van der Waals surface area (Å²) in [5, 5.41) is 2.86. The fourth-order valence-electron chi connectivity index (χ4n) is 3.89. The van der Waals surface area contributed by atoms with Gasteiger partial charge in [0.25, 0.3) is 5.91 Å². The van der Waals surface area contributed by atoms with Crippen LogP contribution in [0.5, 0.6) is 5.75 Å². The summed E-state index contributed by atoms with van der Waals surface area (Å²) in [5.41, 5.74) is 6.30. The molecule has 3 aromatic rings. The Hall–Kier alpha value is -3.32. The maximum atomic E-state index is 12.7. The first-order valence-electron chi connectivity index (χ1n) is 11.7. The zero-order valence-corrected chi connectivity index (χ0v) is 21.9. The largest absolute Gasteiger partial charge is 0.492 e. The lowest BCUT2D eigenvalue weighted by molar-refractivity contribution is 0.0947. The van der Waals surface area contributed by atoms with E-state index in [-0.39, 0.29) is 12.5 Å². The van der Waals surface area contributed by atoms with Crippen LogP contribution < -0.4 is 14.4 Å². The van der Waals surface area contributed by atoms with E-state index in [1.807, 2.05) is 57.2 Å². The number of rotatable bonds is 10. The fraction of sp³-hybridized carbons (Fsp3) is 0.321. The van der Waals surface area contributed by atoms with Crippen molar-refractivity contribution in [3.05, 3.63) is 94.0 Å². The molecule has 0 atom stereocenters. The van der Waals surface area contributed by atoms with E-state index in [9.17, 15) is 13.2 Å². The van der Waals surface area contributed by atoms with E-state index in [2.05, 4.69) is 12.2 Å². The van der Waals surface area contributed by atoms with Crippen molar-refractivity contribution >= 4 is 21.6 Å². The highest BCUT2D eigenvalue weighted by Crippen LogP contribution is 2.29. The number of anilines is 1. The van der Waals surface area contributed by atoms with Gasteiger partial charge in [-0.05, 0) is 79.3 Å². The second-order valence-electron chi connectivity index (χ2n) is 8.75. The third-order valence-corrected chi connectivity index (χ3v) is 7.14. The Kier molecular flexibility index (Phi) is 8.57. The summed E-state index contributed by atoms with van der Waals surface area (Å²) in [4.78, 5) is 12.5. The summed E-state index contributed by atoms with van der Waals surface area (Å²) in [5.74, 6) is 0.578. The smallest absolute Gasteiger partial charge is 0.251 e. The van der Waals surface area contributed by atoms with Crippen molar-refractivity contribution in [3.8, 4) is 5.75 Å². The highest BCUT2D eigenvalue weighted by atomic mass is 32.2. The molecular weight excluding hydrogens is 460 g/mol. The van der Waals surface area contributed by atoms with Gasteiger partial charge < -0.3 is 10.1 Å². The van der Waals surface area contributed by atoms with Gasteiger partial charge in [-0.2, -0.15) is 0 Å². The Bertz CT molecular complexity index is 1280. The van der Waals surface area contributed by atoms with Crippen LogP contribution in [0.25, 0.3) is 0 Å². The van der Waals surface area contributed by atoms with Crippen LogP contribution >= 0.6 is 0 Å². The SMILES string of the molecule is CCc1cccc(C)c1N(Cc1ccc(C(=O)NCCOc2ccc(C)c(C)c2)cc1)S(C)(=O)=O. The average molecular weight is 495 g/mol. The lowest BCUT2D eigenvalue weighted by Gasteiger charge is -2.26. The molecule has 35 heavy (non-hydrogen) atoms. The van der Waals surface area contributed by atoms with Gasteiger partial charge >= 0.3 is 0 Å². The van der Waals surface area contributed by atoms with Gasteiger partial charge in [-0.1, -0.05) is 43.3 Å². The number of nitrogens with one attached hydrogen (secondary N) is 1. The molecule has 0 heterocycles. The minimum Gasteiger partial charge on any atom is -0.492 e. The van der Waals surface area contributed by atoms with E-state index >= 15 is 0 Å². The maximum absolute atomic E-state index is 12.7. The Labute approximate surface area is 209 Å². The Morgan fingerprint density at radius 1 is 0.943 bits per heavy atom. The number of ether oxygens (including phenoxy) is 1. The first-order chi connectivity index (χ1) is 16.6. The third kappa shape index (κ3) is 6.85. The van der Waals surface area contributed by atoms with Crippen molar-refractivity contribution < 1.29 is 17.9 Å². The van der Waals surface area contributed by atoms with Crippen LogP contribution in [-0.2, 0) is 23.0 Å². The number of nitrogens with zero attached hydrogens (tertiary/aromatic N) is 1. The van der Waals surface area contributed by atoms with Gasteiger partial charge in [0.05, 0.1) is 25.0 Å². The molecule has 6 nitrogen and oxygen atoms in total. The Morgan fingerprint density at radius 2 is 1.66 bits per heavy atom. The predicted molar refractivity (Wildman–Crippen MR) is 142 cm³/mol. The summed E-state index contributed by atoms with van der Waals surface area (Å²) < 4.78 is 32.5. The molecule has 1 N–H and O–H groups in total. The molecule has 0 saturated carbocycles. The van der Waals surface area contributed by atoms with Crippen LogP contribution in [-0.4, -0.2) is 33.7 Å². The molecule has 0 fully saturated rings. The first-order valence-corrected chi connectivity index (χ1v) is 13.6. The van der Waals surface area contributed by atoms with Crippen LogP contribution in [0.4, 0.5) is 5.69 Å². The van der Waals surface area contributed by atoms with Crippen LogP contribution in [0.15, 0.2) is 60.7 Å². The van der Waals surface area contributed by atoms with E-state index in [1.165, 1.54) is 16.1 Å². The van der Waals surface area contributed by atoms with E-state index in [1.54, 1.807) is 24.3 Å². The minimum atomic E-state index is -3.50. The van der Waals surface area contributed by atoms with Crippen molar-refractivity contribution in [1.82, 2.24) is 5.32 Å². The van der Waals surface area contributed by atoms with E-state index in [4.69, 9.17) is 4.74 Å². The zero-order chi connectivity index (χ0) is 25.6. The molecule has 3 aromatic carbocycles. The molecule has 3 rings (SSSR count). The van der Waals surface area contributed by atoms with Gasteiger partial charge in [0.2, 0.25) is 10.0 Å². The fourth-order valence-corrected chi connectivity index (χ4v) is 4.87. The van der Waals surface area contributed by atoms with Gasteiger partial charge in [-0.15, -0.1) is 0 Å². The molecule has 0 radical (unpaired) electrons. The number of amides is 1. The summed E-state index contributed by atoms with van der Waals surface area (Å²) in [6, 6.07) is 18.8. The molecular formula is C28H34N2O4S.